The molecule has 0 spiro atoms. The standard InChI is InChI=1S/C13H19FO3/c1-10(7-15)13(2,9-16)17-8-11-5-3-4-6-12(11)14/h3-6,10,15-16H,7-9H2,1-2H3. The van der Waals surface area contributed by atoms with E-state index in [9.17, 15) is 9.50 Å². The van der Waals surface area contributed by atoms with Crippen molar-refractivity contribution in [1.82, 2.24) is 0 Å². The zero-order valence-corrected chi connectivity index (χ0v) is 10.2. The summed E-state index contributed by atoms with van der Waals surface area (Å²) in [6.45, 7) is 3.25. The zero-order valence-electron chi connectivity index (χ0n) is 10.2. The summed E-state index contributed by atoms with van der Waals surface area (Å²) in [7, 11) is 0. The molecule has 3 nitrogen and oxygen atoms in total. The summed E-state index contributed by atoms with van der Waals surface area (Å²) < 4.78 is 18.9. The van der Waals surface area contributed by atoms with E-state index in [4.69, 9.17) is 9.84 Å². The minimum atomic E-state index is -0.864. The summed E-state index contributed by atoms with van der Waals surface area (Å²) in [5, 5.41) is 18.4. The highest BCUT2D eigenvalue weighted by Crippen LogP contribution is 2.23. The predicted octanol–water partition coefficient (Wildman–Crippen LogP) is 1.72. The molecule has 0 heterocycles. The first-order chi connectivity index (χ1) is 8.03. The first-order valence-electron chi connectivity index (χ1n) is 5.62. The van der Waals surface area contributed by atoms with Gasteiger partial charge in [0.2, 0.25) is 0 Å². The molecule has 17 heavy (non-hydrogen) atoms. The molecule has 2 N–H and O–H groups in total. The summed E-state index contributed by atoms with van der Waals surface area (Å²) in [5.74, 6) is -0.552. The van der Waals surface area contributed by atoms with Crippen LogP contribution in [0.15, 0.2) is 24.3 Å². The van der Waals surface area contributed by atoms with Crippen LogP contribution in [0.1, 0.15) is 19.4 Å². The van der Waals surface area contributed by atoms with Gasteiger partial charge in [-0.05, 0) is 13.0 Å². The molecule has 0 aliphatic heterocycles. The Bertz CT molecular complexity index is 356. The maximum Gasteiger partial charge on any atom is 0.128 e. The number of halogens is 1. The van der Waals surface area contributed by atoms with E-state index in [-0.39, 0.29) is 31.6 Å². The van der Waals surface area contributed by atoms with Gasteiger partial charge in [0.05, 0.1) is 18.8 Å². The molecule has 0 saturated heterocycles. The third-order valence-electron chi connectivity index (χ3n) is 3.15. The lowest BCUT2D eigenvalue weighted by atomic mass is 9.92. The number of benzene rings is 1. The normalized spacial score (nSPS) is 16.5. The average molecular weight is 242 g/mol. The highest BCUT2D eigenvalue weighted by Gasteiger charge is 2.31. The van der Waals surface area contributed by atoms with Gasteiger partial charge >= 0.3 is 0 Å². The number of rotatable bonds is 6. The van der Waals surface area contributed by atoms with Crippen LogP contribution >= 0.6 is 0 Å². The van der Waals surface area contributed by atoms with Gasteiger partial charge in [-0.2, -0.15) is 0 Å². The molecule has 0 bridgehead atoms. The van der Waals surface area contributed by atoms with Crippen molar-refractivity contribution in [2.45, 2.75) is 26.1 Å². The molecule has 0 saturated carbocycles. The van der Waals surface area contributed by atoms with E-state index >= 15 is 0 Å². The van der Waals surface area contributed by atoms with E-state index in [0.717, 1.165) is 0 Å². The molecule has 1 aromatic carbocycles. The van der Waals surface area contributed by atoms with Crippen molar-refractivity contribution >= 4 is 0 Å². The molecule has 0 fully saturated rings. The van der Waals surface area contributed by atoms with Crippen molar-refractivity contribution in [3.8, 4) is 0 Å². The van der Waals surface area contributed by atoms with E-state index in [1.165, 1.54) is 6.07 Å². The van der Waals surface area contributed by atoms with E-state index in [0.29, 0.717) is 5.56 Å². The minimum Gasteiger partial charge on any atom is -0.396 e. The van der Waals surface area contributed by atoms with Gasteiger partial charge in [0.25, 0.3) is 0 Å². The van der Waals surface area contributed by atoms with Crippen LogP contribution in [0.2, 0.25) is 0 Å². The van der Waals surface area contributed by atoms with Crippen LogP contribution in [0.4, 0.5) is 4.39 Å². The van der Waals surface area contributed by atoms with Gasteiger partial charge in [-0.1, -0.05) is 25.1 Å². The average Bonchev–Trinajstić information content (AvgIpc) is 2.36. The number of ether oxygens (including phenoxy) is 1. The van der Waals surface area contributed by atoms with Crippen molar-refractivity contribution < 1.29 is 19.3 Å². The second kappa shape index (κ2) is 6.10. The van der Waals surface area contributed by atoms with Gasteiger partial charge in [0, 0.05) is 18.1 Å². The van der Waals surface area contributed by atoms with Gasteiger partial charge in [0.1, 0.15) is 5.82 Å². The predicted molar refractivity (Wildman–Crippen MR) is 62.9 cm³/mol. The zero-order chi connectivity index (χ0) is 12.9. The lowest BCUT2D eigenvalue weighted by Crippen LogP contribution is -2.41. The van der Waals surface area contributed by atoms with Crippen LogP contribution in [0.5, 0.6) is 0 Å². The van der Waals surface area contributed by atoms with E-state index < -0.39 is 5.60 Å². The van der Waals surface area contributed by atoms with Gasteiger partial charge in [-0.3, -0.25) is 0 Å². The van der Waals surface area contributed by atoms with Crippen LogP contribution in [0, 0.1) is 11.7 Å². The molecule has 1 aromatic rings. The number of hydrogen-bond donors (Lipinski definition) is 2. The monoisotopic (exact) mass is 242 g/mol. The molecule has 4 heteroatoms. The Morgan fingerprint density at radius 2 is 2.00 bits per heavy atom. The SMILES string of the molecule is CC(CO)C(C)(CO)OCc1ccccc1F. The van der Waals surface area contributed by atoms with Crippen molar-refractivity contribution in [2.75, 3.05) is 13.2 Å². The van der Waals surface area contributed by atoms with E-state index in [2.05, 4.69) is 0 Å². The Morgan fingerprint density at radius 1 is 1.35 bits per heavy atom. The van der Waals surface area contributed by atoms with Crippen molar-refractivity contribution in [3.63, 3.8) is 0 Å². The molecule has 0 amide bonds. The Labute approximate surface area is 101 Å². The fourth-order valence-corrected chi connectivity index (χ4v) is 1.39. The quantitative estimate of drug-likeness (QED) is 0.798. The number of hydrogen-bond acceptors (Lipinski definition) is 3. The smallest absolute Gasteiger partial charge is 0.128 e. The Morgan fingerprint density at radius 3 is 2.53 bits per heavy atom. The molecule has 96 valence electrons. The van der Waals surface area contributed by atoms with Crippen LogP contribution in [0.25, 0.3) is 0 Å². The number of aliphatic hydroxyl groups excluding tert-OH is 2. The van der Waals surface area contributed by atoms with Gasteiger partial charge < -0.3 is 14.9 Å². The molecular formula is C13H19FO3. The summed E-state index contributed by atoms with van der Waals surface area (Å²) in [6, 6.07) is 6.34. The van der Waals surface area contributed by atoms with Crippen LogP contribution in [0.3, 0.4) is 0 Å². The topological polar surface area (TPSA) is 49.7 Å². The van der Waals surface area contributed by atoms with Crippen LogP contribution in [-0.2, 0) is 11.3 Å². The molecule has 1 rings (SSSR count). The molecule has 0 aliphatic carbocycles. The second-order valence-corrected chi connectivity index (χ2v) is 4.43. The molecule has 0 radical (unpaired) electrons. The maximum atomic E-state index is 13.4. The lowest BCUT2D eigenvalue weighted by molar-refractivity contribution is -0.119. The van der Waals surface area contributed by atoms with Crippen LogP contribution < -0.4 is 0 Å². The highest BCUT2D eigenvalue weighted by molar-refractivity contribution is 5.16. The summed E-state index contributed by atoms with van der Waals surface area (Å²) in [4.78, 5) is 0. The van der Waals surface area contributed by atoms with E-state index in [1.807, 2.05) is 0 Å². The Kier molecular flexibility index (Phi) is 5.05. The largest absolute Gasteiger partial charge is 0.396 e. The summed E-state index contributed by atoms with van der Waals surface area (Å²) in [6.07, 6.45) is 0. The molecular weight excluding hydrogens is 223 g/mol. The van der Waals surface area contributed by atoms with Crippen LogP contribution in [-0.4, -0.2) is 29.0 Å². The fourth-order valence-electron chi connectivity index (χ4n) is 1.39. The first-order valence-corrected chi connectivity index (χ1v) is 5.62. The molecule has 0 aromatic heterocycles. The second-order valence-electron chi connectivity index (χ2n) is 4.43. The first kappa shape index (κ1) is 14.1. The third-order valence-corrected chi connectivity index (χ3v) is 3.15. The Balaban J connectivity index is 2.68. The highest BCUT2D eigenvalue weighted by atomic mass is 19.1. The third kappa shape index (κ3) is 3.49. The van der Waals surface area contributed by atoms with Gasteiger partial charge in [-0.15, -0.1) is 0 Å². The van der Waals surface area contributed by atoms with Gasteiger partial charge in [0.15, 0.2) is 0 Å². The number of aliphatic hydroxyl groups is 2. The minimum absolute atomic E-state index is 0.0775. The van der Waals surface area contributed by atoms with Crippen molar-refractivity contribution in [2.24, 2.45) is 5.92 Å². The summed E-state index contributed by atoms with van der Waals surface area (Å²) in [5.41, 5.74) is -0.422. The van der Waals surface area contributed by atoms with Crippen molar-refractivity contribution in [1.29, 1.82) is 0 Å². The van der Waals surface area contributed by atoms with E-state index in [1.54, 1.807) is 32.0 Å². The van der Waals surface area contributed by atoms with Gasteiger partial charge in [-0.25, -0.2) is 4.39 Å². The molecule has 2 atom stereocenters. The van der Waals surface area contributed by atoms with Crippen molar-refractivity contribution in [3.05, 3.63) is 35.6 Å². The maximum absolute atomic E-state index is 13.4. The molecule has 2 unspecified atom stereocenters. The Hall–Kier alpha value is -0.970. The fraction of sp³-hybridized carbons (Fsp3) is 0.538. The summed E-state index contributed by atoms with van der Waals surface area (Å²) >= 11 is 0. The lowest BCUT2D eigenvalue weighted by Gasteiger charge is -2.33. The molecule has 0 aliphatic rings.